The van der Waals surface area contributed by atoms with Crippen molar-refractivity contribution in [2.24, 2.45) is 5.73 Å². The van der Waals surface area contributed by atoms with Crippen LogP contribution in [0.3, 0.4) is 0 Å². The van der Waals surface area contributed by atoms with Gasteiger partial charge in [-0.3, -0.25) is 0 Å². The van der Waals surface area contributed by atoms with Crippen molar-refractivity contribution in [2.45, 2.75) is 31.9 Å². The highest BCUT2D eigenvalue weighted by molar-refractivity contribution is 9.10. The van der Waals surface area contributed by atoms with Gasteiger partial charge in [-0.1, -0.05) is 0 Å². The lowest BCUT2D eigenvalue weighted by molar-refractivity contribution is 0.148. The molecule has 3 N–H and O–H groups in total. The first-order valence-corrected chi connectivity index (χ1v) is 6.97. The lowest BCUT2D eigenvalue weighted by atomic mass is 9.93. The number of nitrogens with two attached hydrogens (primary N) is 1. The Labute approximate surface area is 114 Å². The molecule has 1 aromatic rings. The summed E-state index contributed by atoms with van der Waals surface area (Å²) in [5.74, 6) is 1.66. The van der Waals surface area contributed by atoms with Gasteiger partial charge in [0.2, 0.25) is 0 Å². The first-order chi connectivity index (χ1) is 8.61. The Hall–Kier alpha value is -0.780. The van der Waals surface area contributed by atoms with Gasteiger partial charge in [-0.15, -0.1) is 0 Å². The van der Waals surface area contributed by atoms with Gasteiger partial charge in [0.15, 0.2) is 0 Å². The first-order valence-electron chi connectivity index (χ1n) is 6.17. The summed E-state index contributed by atoms with van der Waals surface area (Å²) in [5, 5.41) is 10.3. The fourth-order valence-electron chi connectivity index (χ4n) is 2.66. The number of ether oxygens (including phenoxy) is 2. The van der Waals surface area contributed by atoms with E-state index in [2.05, 4.69) is 15.9 Å². The number of halogens is 1. The van der Waals surface area contributed by atoms with Crippen LogP contribution in [0, 0.1) is 0 Å². The van der Waals surface area contributed by atoms with Gasteiger partial charge in [-0.2, -0.15) is 0 Å². The molecule has 18 heavy (non-hydrogen) atoms. The van der Waals surface area contributed by atoms with Gasteiger partial charge in [0.25, 0.3) is 0 Å². The maximum absolute atomic E-state index is 10.3. The average Bonchev–Trinajstić information content (AvgIpc) is 2.96. The molecule has 0 radical (unpaired) electrons. The van der Waals surface area contributed by atoms with Crippen LogP contribution < -0.4 is 15.2 Å². The summed E-state index contributed by atoms with van der Waals surface area (Å²) in [6.45, 7) is 3.10. The standard InChI is InChI=1S/C13H16BrNO3/c1-6(15)11(16)9-7-2-4-18-13(7)10(14)8-3-5-17-12(8)9/h6,11,16H,2-5,15H2,1H3/t6-,11+/m1/s1. The van der Waals surface area contributed by atoms with Gasteiger partial charge < -0.3 is 20.3 Å². The summed E-state index contributed by atoms with van der Waals surface area (Å²) in [6.07, 6.45) is 0.926. The highest BCUT2D eigenvalue weighted by atomic mass is 79.9. The second kappa shape index (κ2) is 4.40. The third kappa shape index (κ3) is 1.65. The molecule has 5 heteroatoms. The van der Waals surface area contributed by atoms with E-state index >= 15 is 0 Å². The van der Waals surface area contributed by atoms with Crippen LogP contribution in [0.25, 0.3) is 0 Å². The third-order valence-corrected chi connectivity index (χ3v) is 4.41. The molecular formula is C13H16BrNO3. The molecule has 98 valence electrons. The molecule has 0 saturated heterocycles. The van der Waals surface area contributed by atoms with Crippen molar-refractivity contribution < 1.29 is 14.6 Å². The van der Waals surface area contributed by atoms with Crippen molar-refractivity contribution in [3.05, 3.63) is 21.2 Å². The predicted molar refractivity (Wildman–Crippen MR) is 71.1 cm³/mol. The molecule has 0 fully saturated rings. The summed E-state index contributed by atoms with van der Waals surface area (Å²) >= 11 is 3.59. The minimum atomic E-state index is -0.708. The van der Waals surface area contributed by atoms with Gasteiger partial charge in [0.1, 0.15) is 11.5 Å². The van der Waals surface area contributed by atoms with E-state index in [-0.39, 0.29) is 6.04 Å². The highest BCUT2D eigenvalue weighted by Gasteiger charge is 2.34. The SMILES string of the molecule is C[C@@H](N)[C@H](O)c1c2c(c(Br)c3c1OCC3)OCC2. The Morgan fingerprint density at radius 3 is 2.44 bits per heavy atom. The molecule has 1 aromatic carbocycles. The van der Waals surface area contributed by atoms with Gasteiger partial charge in [-0.05, 0) is 22.9 Å². The molecule has 2 aliphatic heterocycles. The van der Waals surface area contributed by atoms with Crippen LogP contribution in [0.1, 0.15) is 29.7 Å². The molecule has 4 nitrogen and oxygen atoms in total. The molecule has 0 spiro atoms. The number of benzene rings is 1. The summed E-state index contributed by atoms with van der Waals surface area (Å²) in [5.41, 5.74) is 8.79. The number of aliphatic hydroxyl groups is 1. The van der Waals surface area contributed by atoms with Crippen molar-refractivity contribution in [3.63, 3.8) is 0 Å². The van der Waals surface area contributed by atoms with Crippen LogP contribution in [0.2, 0.25) is 0 Å². The topological polar surface area (TPSA) is 64.7 Å². The minimum absolute atomic E-state index is 0.329. The Morgan fingerprint density at radius 1 is 1.17 bits per heavy atom. The average molecular weight is 314 g/mol. The molecule has 0 aromatic heterocycles. The zero-order valence-electron chi connectivity index (χ0n) is 10.2. The monoisotopic (exact) mass is 313 g/mol. The minimum Gasteiger partial charge on any atom is -0.493 e. The lowest BCUT2D eigenvalue weighted by Gasteiger charge is -2.21. The third-order valence-electron chi connectivity index (χ3n) is 3.57. The number of fused-ring (bicyclic) bond motifs is 2. The summed E-state index contributed by atoms with van der Waals surface area (Å²) in [7, 11) is 0. The molecule has 0 amide bonds. The molecule has 2 aliphatic rings. The number of aliphatic hydroxyl groups excluding tert-OH is 1. The van der Waals surface area contributed by atoms with E-state index in [1.807, 2.05) is 0 Å². The van der Waals surface area contributed by atoms with E-state index in [0.717, 1.165) is 45.5 Å². The Balaban J connectivity index is 2.24. The Bertz CT molecular complexity index is 466. The van der Waals surface area contributed by atoms with Crippen LogP contribution in [0.4, 0.5) is 0 Å². The molecule has 0 bridgehead atoms. The molecule has 2 heterocycles. The van der Waals surface area contributed by atoms with Gasteiger partial charge >= 0.3 is 0 Å². The van der Waals surface area contributed by atoms with Gasteiger partial charge in [0, 0.05) is 35.6 Å². The van der Waals surface area contributed by atoms with Crippen molar-refractivity contribution in [1.82, 2.24) is 0 Å². The van der Waals surface area contributed by atoms with Crippen LogP contribution in [0.15, 0.2) is 4.47 Å². The fourth-order valence-corrected chi connectivity index (χ4v) is 3.40. The van der Waals surface area contributed by atoms with E-state index in [9.17, 15) is 5.11 Å². The maximum atomic E-state index is 10.3. The van der Waals surface area contributed by atoms with Crippen LogP contribution in [-0.2, 0) is 12.8 Å². The van der Waals surface area contributed by atoms with E-state index in [1.54, 1.807) is 6.92 Å². The first kappa shape index (κ1) is 12.3. The van der Waals surface area contributed by atoms with Gasteiger partial charge in [-0.25, -0.2) is 0 Å². The molecule has 0 aliphatic carbocycles. The van der Waals surface area contributed by atoms with E-state index < -0.39 is 6.10 Å². The zero-order valence-corrected chi connectivity index (χ0v) is 11.8. The highest BCUT2D eigenvalue weighted by Crippen LogP contribution is 2.49. The Kier molecular flexibility index (Phi) is 3.00. The van der Waals surface area contributed by atoms with Crippen molar-refractivity contribution in [2.75, 3.05) is 13.2 Å². The van der Waals surface area contributed by atoms with Crippen molar-refractivity contribution in [3.8, 4) is 11.5 Å². The van der Waals surface area contributed by atoms with E-state index in [1.165, 1.54) is 0 Å². The van der Waals surface area contributed by atoms with E-state index in [0.29, 0.717) is 13.2 Å². The summed E-state index contributed by atoms with van der Waals surface area (Å²) in [6, 6.07) is -0.329. The molecule has 2 atom stereocenters. The molecular weight excluding hydrogens is 298 g/mol. The predicted octanol–water partition coefficient (Wildman–Crippen LogP) is 1.70. The number of hydrogen-bond acceptors (Lipinski definition) is 4. The number of hydrogen-bond donors (Lipinski definition) is 2. The van der Waals surface area contributed by atoms with Crippen molar-refractivity contribution >= 4 is 15.9 Å². The lowest BCUT2D eigenvalue weighted by Crippen LogP contribution is -2.25. The zero-order chi connectivity index (χ0) is 12.9. The second-order valence-electron chi connectivity index (χ2n) is 4.84. The fraction of sp³-hybridized carbons (Fsp3) is 0.538. The smallest absolute Gasteiger partial charge is 0.137 e. The summed E-state index contributed by atoms with van der Waals surface area (Å²) in [4.78, 5) is 0. The van der Waals surface area contributed by atoms with Crippen LogP contribution >= 0.6 is 15.9 Å². The largest absolute Gasteiger partial charge is 0.493 e. The number of rotatable bonds is 2. The molecule has 3 rings (SSSR count). The Morgan fingerprint density at radius 2 is 1.78 bits per heavy atom. The summed E-state index contributed by atoms with van der Waals surface area (Å²) < 4.78 is 12.4. The van der Waals surface area contributed by atoms with Crippen LogP contribution in [-0.4, -0.2) is 24.4 Å². The molecule has 0 saturated carbocycles. The van der Waals surface area contributed by atoms with Gasteiger partial charge in [0.05, 0.1) is 23.8 Å². The molecule has 0 unspecified atom stereocenters. The normalized spacial score (nSPS) is 19.8. The maximum Gasteiger partial charge on any atom is 0.137 e. The second-order valence-corrected chi connectivity index (χ2v) is 5.64. The van der Waals surface area contributed by atoms with Crippen molar-refractivity contribution in [1.29, 1.82) is 0 Å². The van der Waals surface area contributed by atoms with Crippen LogP contribution in [0.5, 0.6) is 11.5 Å². The quantitative estimate of drug-likeness (QED) is 0.872. The van der Waals surface area contributed by atoms with E-state index in [4.69, 9.17) is 15.2 Å².